The Balaban J connectivity index is 1.23. The molecule has 3 fully saturated rings. The quantitative estimate of drug-likeness (QED) is 0.644. The first-order chi connectivity index (χ1) is 15.3. The molecule has 2 saturated heterocycles. The Kier molecular flexibility index (Phi) is 6.97. The van der Waals surface area contributed by atoms with E-state index in [0.29, 0.717) is 6.10 Å². The first kappa shape index (κ1) is 21.1. The fourth-order valence-corrected chi connectivity index (χ4v) is 5.80. The van der Waals surface area contributed by atoms with E-state index < -0.39 is 0 Å². The highest BCUT2D eigenvalue weighted by atomic mass is 16.5. The van der Waals surface area contributed by atoms with Gasteiger partial charge >= 0.3 is 0 Å². The third kappa shape index (κ3) is 5.36. The van der Waals surface area contributed by atoms with Crippen LogP contribution in [0.1, 0.15) is 57.1 Å². The van der Waals surface area contributed by atoms with Gasteiger partial charge in [-0.1, -0.05) is 12.8 Å². The molecule has 2 aromatic heterocycles. The van der Waals surface area contributed by atoms with Gasteiger partial charge in [0.1, 0.15) is 0 Å². The van der Waals surface area contributed by atoms with Gasteiger partial charge in [0, 0.05) is 56.6 Å². The van der Waals surface area contributed by atoms with Gasteiger partial charge in [0.15, 0.2) is 0 Å². The van der Waals surface area contributed by atoms with Crippen molar-refractivity contribution in [3.05, 3.63) is 42.5 Å². The smallest absolute Gasteiger partial charge is 0.233 e. The summed E-state index contributed by atoms with van der Waals surface area (Å²) < 4.78 is 8.14. The molecule has 0 bridgehead atoms. The molecule has 0 N–H and O–H groups in total. The van der Waals surface area contributed by atoms with E-state index in [-0.39, 0.29) is 0 Å². The van der Waals surface area contributed by atoms with E-state index in [2.05, 4.69) is 42.7 Å². The molecule has 31 heavy (non-hydrogen) atoms. The van der Waals surface area contributed by atoms with Crippen LogP contribution in [0, 0.1) is 5.92 Å². The molecule has 3 aliphatic rings. The Morgan fingerprint density at radius 1 is 0.935 bits per heavy atom. The van der Waals surface area contributed by atoms with Crippen LogP contribution in [-0.2, 0) is 11.3 Å². The highest BCUT2D eigenvalue weighted by molar-refractivity contribution is 5.20. The van der Waals surface area contributed by atoms with Crippen molar-refractivity contribution in [1.29, 1.82) is 0 Å². The van der Waals surface area contributed by atoms with Crippen molar-refractivity contribution >= 4 is 0 Å². The molecule has 0 radical (unpaired) electrons. The molecule has 1 aliphatic carbocycles. The largest absolute Gasteiger partial charge is 0.377 e. The van der Waals surface area contributed by atoms with Crippen molar-refractivity contribution in [3.8, 4) is 5.95 Å². The zero-order valence-electron chi connectivity index (χ0n) is 18.7. The van der Waals surface area contributed by atoms with Crippen LogP contribution in [-0.4, -0.2) is 69.3 Å². The molecule has 6 heteroatoms. The summed E-state index contributed by atoms with van der Waals surface area (Å²) >= 11 is 0. The highest BCUT2D eigenvalue weighted by Crippen LogP contribution is 2.29. The molecule has 0 unspecified atom stereocenters. The van der Waals surface area contributed by atoms with E-state index in [4.69, 9.17) is 4.74 Å². The van der Waals surface area contributed by atoms with Crippen molar-refractivity contribution in [2.24, 2.45) is 5.92 Å². The van der Waals surface area contributed by atoms with Gasteiger partial charge in [-0.2, -0.15) is 0 Å². The maximum Gasteiger partial charge on any atom is 0.233 e. The SMILES string of the molecule is c1cnc(-n2cccc2CN(CC2CCN(C3CCCC3)CC2)C[C@H]2CCCO2)nc1. The average molecular weight is 424 g/mol. The van der Waals surface area contributed by atoms with Gasteiger partial charge in [-0.25, -0.2) is 9.97 Å². The predicted molar refractivity (Wildman–Crippen MR) is 122 cm³/mol. The van der Waals surface area contributed by atoms with E-state index in [1.54, 1.807) is 0 Å². The third-order valence-corrected chi connectivity index (χ3v) is 7.48. The highest BCUT2D eigenvalue weighted by Gasteiger charge is 2.29. The molecular weight excluding hydrogens is 386 g/mol. The lowest BCUT2D eigenvalue weighted by Gasteiger charge is -2.38. The number of nitrogens with zero attached hydrogens (tertiary/aromatic N) is 5. The van der Waals surface area contributed by atoms with E-state index in [1.807, 2.05) is 18.5 Å². The van der Waals surface area contributed by atoms with Crippen molar-refractivity contribution in [2.75, 3.05) is 32.8 Å². The first-order valence-corrected chi connectivity index (χ1v) is 12.4. The minimum atomic E-state index is 0.384. The lowest BCUT2D eigenvalue weighted by molar-refractivity contribution is 0.0533. The Morgan fingerprint density at radius 2 is 1.74 bits per heavy atom. The Labute approximate surface area is 186 Å². The van der Waals surface area contributed by atoms with Gasteiger partial charge in [-0.3, -0.25) is 9.47 Å². The van der Waals surface area contributed by atoms with Gasteiger partial charge in [0.2, 0.25) is 5.95 Å². The maximum atomic E-state index is 6.01. The minimum Gasteiger partial charge on any atom is -0.377 e. The summed E-state index contributed by atoms with van der Waals surface area (Å²) in [6.45, 7) is 6.62. The zero-order chi connectivity index (χ0) is 20.9. The van der Waals surface area contributed by atoms with Gasteiger partial charge < -0.3 is 9.64 Å². The second kappa shape index (κ2) is 10.2. The van der Waals surface area contributed by atoms with Crippen LogP contribution in [0.5, 0.6) is 0 Å². The molecule has 0 spiro atoms. The molecule has 0 aromatic carbocycles. The van der Waals surface area contributed by atoms with Crippen LogP contribution in [0.3, 0.4) is 0 Å². The lowest BCUT2D eigenvalue weighted by Crippen LogP contribution is -2.43. The summed E-state index contributed by atoms with van der Waals surface area (Å²) in [6, 6.07) is 7.06. The van der Waals surface area contributed by atoms with Crippen LogP contribution in [0.4, 0.5) is 0 Å². The van der Waals surface area contributed by atoms with E-state index >= 15 is 0 Å². The fraction of sp³-hybridized carbons (Fsp3) is 0.680. The molecule has 5 rings (SSSR count). The van der Waals surface area contributed by atoms with Crippen molar-refractivity contribution < 1.29 is 4.74 Å². The topological polar surface area (TPSA) is 46.4 Å². The number of hydrogen-bond acceptors (Lipinski definition) is 5. The first-order valence-electron chi connectivity index (χ1n) is 12.4. The van der Waals surface area contributed by atoms with Crippen molar-refractivity contribution in [3.63, 3.8) is 0 Å². The van der Waals surface area contributed by atoms with Crippen LogP contribution in [0.15, 0.2) is 36.8 Å². The van der Waals surface area contributed by atoms with E-state index in [1.165, 1.54) is 76.7 Å². The molecule has 2 aliphatic heterocycles. The number of aromatic nitrogens is 3. The van der Waals surface area contributed by atoms with E-state index in [9.17, 15) is 0 Å². The standard InChI is InChI=1S/C25H37N5O/c1-2-7-22(6-1)29-15-10-21(11-16-29)18-28(20-24-9-4-17-31-24)19-23-8-3-14-30(23)25-26-12-5-13-27-25/h3,5,8,12-14,21-22,24H,1-2,4,6-7,9-11,15-20H2/t24-/m1/s1. The molecule has 1 saturated carbocycles. The van der Waals surface area contributed by atoms with Crippen molar-refractivity contribution in [2.45, 2.75) is 70.1 Å². The number of piperidine rings is 1. The second-order valence-corrected chi connectivity index (χ2v) is 9.67. The molecule has 0 amide bonds. The summed E-state index contributed by atoms with van der Waals surface area (Å²) in [6.07, 6.45) is 16.9. The molecule has 168 valence electrons. The summed E-state index contributed by atoms with van der Waals surface area (Å²) in [7, 11) is 0. The van der Waals surface area contributed by atoms with Gasteiger partial charge in [-0.05, 0) is 75.7 Å². The molecule has 4 heterocycles. The van der Waals surface area contributed by atoms with Gasteiger partial charge in [-0.15, -0.1) is 0 Å². The minimum absolute atomic E-state index is 0.384. The number of likely N-dealkylation sites (tertiary alicyclic amines) is 1. The third-order valence-electron chi connectivity index (χ3n) is 7.48. The Morgan fingerprint density at radius 3 is 2.48 bits per heavy atom. The zero-order valence-corrected chi connectivity index (χ0v) is 18.7. The van der Waals surface area contributed by atoms with Crippen LogP contribution >= 0.6 is 0 Å². The maximum absolute atomic E-state index is 6.01. The number of hydrogen-bond donors (Lipinski definition) is 0. The van der Waals surface area contributed by atoms with Crippen molar-refractivity contribution in [1.82, 2.24) is 24.3 Å². The van der Waals surface area contributed by atoms with E-state index in [0.717, 1.165) is 37.6 Å². The van der Waals surface area contributed by atoms with Crippen LogP contribution in [0.2, 0.25) is 0 Å². The summed E-state index contributed by atoms with van der Waals surface area (Å²) in [4.78, 5) is 14.3. The molecule has 1 atom stereocenters. The average Bonchev–Trinajstić information content (AvgIpc) is 3.58. The normalized spacial score (nSPS) is 23.8. The monoisotopic (exact) mass is 423 g/mol. The Hall–Kier alpha value is -1.76. The number of ether oxygens (including phenoxy) is 1. The summed E-state index contributed by atoms with van der Waals surface area (Å²) in [5.41, 5.74) is 1.26. The Bertz CT molecular complexity index is 789. The van der Waals surface area contributed by atoms with Crippen LogP contribution < -0.4 is 0 Å². The van der Waals surface area contributed by atoms with Gasteiger partial charge in [0.05, 0.1) is 6.10 Å². The fourth-order valence-electron chi connectivity index (χ4n) is 5.80. The molecule has 6 nitrogen and oxygen atoms in total. The second-order valence-electron chi connectivity index (χ2n) is 9.67. The van der Waals surface area contributed by atoms with Gasteiger partial charge in [0.25, 0.3) is 0 Å². The number of rotatable bonds is 8. The molecular formula is C25H37N5O. The summed E-state index contributed by atoms with van der Waals surface area (Å²) in [5.74, 6) is 1.54. The van der Waals surface area contributed by atoms with Crippen LogP contribution in [0.25, 0.3) is 5.95 Å². The molecule has 2 aromatic rings. The summed E-state index contributed by atoms with van der Waals surface area (Å²) in [5, 5.41) is 0. The predicted octanol–water partition coefficient (Wildman–Crippen LogP) is 3.90. The lowest BCUT2D eigenvalue weighted by atomic mass is 9.94.